The number of nitrogens with one attached hydrogen (secondary N) is 2. The van der Waals surface area contributed by atoms with Crippen molar-refractivity contribution in [2.24, 2.45) is 0 Å². The maximum absolute atomic E-state index is 13.0. The average molecular weight is 1790 g/mol. The fourth-order valence-electron chi connectivity index (χ4n) is 10.5. The number of carbonyl (C=O) groups is 2. The second-order valence-electron chi connectivity index (χ2n) is 26.0. The number of hydrogen-bond donors (Lipinski definition) is 2. The molecule has 0 bridgehead atoms. The average Bonchev–Trinajstić information content (AvgIpc) is 1.62. The molecule has 0 unspecified atom stereocenters. The topological polar surface area (TPSA) is 119 Å². The molecule has 2 amide bonds. The van der Waals surface area contributed by atoms with Crippen molar-refractivity contribution in [2.45, 2.75) is 51.6 Å². The Kier molecular flexibility index (Phi) is 30.9. The Bertz CT molecular complexity index is 5140. The van der Waals surface area contributed by atoms with Gasteiger partial charge in [-0.25, -0.2) is 19.0 Å². The van der Waals surface area contributed by atoms with Crippen molar-refractivity contribution < 1.29 is 51.9 Å². The van der Waals surface area contributed by atoms with E-state index in [2.05, 4.69) is 292 Å². The van der Waals surface area contributed by atoms with E-state index in [-0.39, 0.29) is 27.1 Å². The van der Waals surface area contributed by atoms with Crippen molar-refractivity contribution >= 4 is 140 Å². The molecular formula is C86H73Cl2F6IN8O2P2PdSi2. The van der Waals surface area contributed by atoms with Crippen LogP contribution in [0.4, 0.5) is 37.7 Å². The Morgan fingerprint density at radius 2 is 0.764 bits per heavy atom. The predicted octanol–water partition coefficient (Wildman–Crippen LogP) is 20.9. The van der Waals surface area contributed by atoms with Crippen LogP contribution in [0, 0.1) is 27.0 Å². The number of amides is 2. The SMILES string of the molecule is C#C[Si](C)(C)C.C[Si](C)(C)C#Cc1cnn2c(-c3cccc(NC(=O)c4cccc(C(F)(F)F)c4)c3)ccnc12.O=C(Nc1cccc(-c2ccnc3c(I)cnn23)c1)c1cccc(C(F)(F)F)c1.[Cl][Pd][Cl].c1ccc(P(c2ccccc2)c2ccccc2)cc1.c1ccc(P(c2ccccc2)c2ccccc2)cc1. The maximum atomic E-state index is 13.0. The van der Waals surface area contributed by atoms with Crippen LogP contribution in [0.5, 0.6) is 0 Å². The zero-order valence-electron chi connectivity index (χ0n) is 60.2. The standard InChI is InChI=1S/C25H21F3N4OSi.C20H12F3IN4O.2C18H15P.C5H10Si.2ClH.Pd/c1-34(2,3)13-11-19-16-30-32-22(10-12-29-23(19)32)17-6-5-9-21(15-17)31-24(33)18-7-4-8-20(14-18)25(26,27)28;21-20(22,23)14-5-1-4-13(9-14)19(29)27-15-6-2-3-12(10-15)17-7-8-25-18-16(24)11-26-28(17)18;2*1-4-10-16(11-5-1)19(17-12-6-2-7-13-17)18-14-8-3-9-15-18;1-5-6(2,3)4;;;/h4-10,12,14-16H,1-3H3,(H,31,33);1-11H,(H,27,29);2*1-15H;1H,2-4H3;2*1H;/q;;;;;;;+2/p-2. The normalized spacial score (nSPS) is 11.1. The Labute approximate surface area is 671 Å². The summed E-state index contributed by atoms with van der Waals surface area (Å²) in [6.45, 7) is 12.9. The van der Waals surface area contributed by atoms with E-state index in [1.807, 2.05) is 12.1 Å². The summed E-state index contributed by atoms with van der Waals surface area (Å²) in [6.07, 6.45) is 2.80. The first-order valence-corrected chi connectivity index (χ1v) is 48.7. The number of hydrogen-bond acceptors (Lipinski definition) is 6. The first kappa shape index (κ1) is 84.4. The van der Waals surface area contributed by atoms with E-state index in [4.69, 9.17) is 25.5 Å². The van der Waals surface area contributed by atoms with Crippen molar-refractivity contribution in [2.75, 3.05) is 10.6 Å². The number of fused-ring (bicyclic) bond motifs is 2. The maximum Gasteiger partial charge on any atom is -0.0134 e. The molecule has 560 valence electrons. The molecule has 14 aromatic rings. The number of benzene rings is 10. The van der Waals surface area contributed by atoms with Crippen LogP contribution >= 0.6 is 57.5 Å². The van der Waals surface area contributed by atoms with E-state index in [0.29, 0.717) is 22.7 Å². The minimum atomic E-state index is -4.52. The summed E-state index contributed by atoms with van der Waals surface area (Å²) in [5.41, 5.74) is 10.2. The van der Waals surface area contributed by atoms with Gasteiger partial charge in [0.05, 0.1) is 44.0 Å². The van der Waals surface area contributed by atoms with Crippen LogP contribution in [0.25, 0.3) is 33.8 Å². The molecule has 0 aliphatic carbocycles. The van der Waals surface area contributed by atoms with Gasteiger partial charge in [-0.05, 0) is 143 Å². The third-order valence-electron chi connectivity index (χ3n) is 15.6. The summed E-state index contributed by atoms with van der Waals surface area (Å²) in [5.74, 6) is 1.93. The molecule has 0 saturated heterocycles. The van der Waals surface area contributed by atoms with Gasteiger partial charge >= 0.3 is 47.4 Å². The van der Waals surface area contributed by atoms with Gasteiger partial charge in [-0.15, -0.1) is 17.5 Å². The summed E-state index contributed by atoms with van der Waals surface area (Å²) >= 11 is 2.04. The Morgan fingerprint density at radius 1 is 0.445 bits per heavy atom. The molecular weight excluding hydrogens is 1710 g/mol. The molecule has 0 radical (unpaired) electrons. The quantitative estimate of drug-likeness (QED) is 0.0414. The summed E-state index contributed by atoms with van der Waals surface area (Å²) in [6, 6.07) is 90.9. The molecule has 10 aromatic carbocycles. The van der Waals surface area contributed by atoms with E-state index in [0.717, 1.165) is 55.9 Å². The molecule has 110 heavy (non-hydrogen) atoms. The first-order chi connectivity index (χ1) is 52.7. The zero-order chi connectivity index (χ0) is 78.9. The number of aromatic nitrogens is 6. The van der Waals surface area contributed by atoms with Crippen LogP contribution < -0.4 is 42.5 Å². The monoisotopic (exact) mass is 1780 g/mol. The van der Waals surface area contributed by atoms with Gasteiger partial charge < -0.3 is 10.6 Å². The van der Waals surface area contributed by atoms with Gasteiger partial charge in [0.15, 0.2) is 11.3 Å². The number of carbonyl (C=O) groups excluding carboxylic acids is 2. The van der Waals surface area contributed by atoms with Gasteiger partial charge in [0.25, 0.3) is 11.8 Å². The van der Waals surface area contributed by atoms with Crippen LogP contribution in [-0.2, 0) is 28.3 Å². The van der Waals surface area contributed by atoms with Crippen molar-refractivity contribution in [3.05, 3.63) is 347 Å². The first-order valence-electron chi connectivity index (χ1n) is 33.9. The number of nitrogens with zero attached hydrogens (tertiary/aromatic N) is 6. The van der Waals surface area contributed by atoms with E-state index in [1.54, 1.807) is 82.3 Å². The number of halogens is 9. The third-order valence-corrected chi connectivity index (χ3v) is 23.0. The Balaban J connectivity index is 0.000000166. The molecule has 0 aliphatic heterocycles. The minimum Gasteiger partial charge on any atom is -0.0622 e. The van der Waals surface area contributed by atoms with E-state index in [1.165, 1.54) is 56.1 Å². The van der Waals surface area contributed by atoms with Gasteiger partial charge in [0.2, 0.25) is 0 Å². The van der Waals surface area contributed by atoms with Crippen LogP contribution in [0.2, 0.25) is 39.3 Å². The molecule has 14 rings (SSSR count). The minimum absolute atomic E-state index is 0.0711. The Hall–Kier alpha value is -9.65. The van der Waals surface area contributed by atoms with Crippen molar-refractivity contribution in [1.29, 1.82) is 0 Å². The second kappa shape index (κ2) is 40.3. The molecule has 24 heteroatoms. The zero-order valence-corrected chi connectivity index (χ0v) is 69.2. The van der Waals surface area contributed by atoms with Crippen LogP contribution in [0.1, 0.15) is 37.4 Å². The third kappa shape index (κ3) is 24.9. The fraction of sp³-hybridized carbons (Fsp3) is 0.0930. The van der Waals surface area contributed by atoms with Crippen molar-refractivity contribution in [3.63, 3.8) is 0 Å². The number of terminal acetylenes is 1. The van der Waals surface area contributed by atoms with E-state index in [9.17, 15) is 35.9 Å². The molecule has 2 N–H and O–H groups in total. The van der Waals surface area contributed by atoms with Gasteiger partial charge in [-0.1, -0.05) is 264 Å². The van der Waals surface area contributed by atoms with Crippen LogP contribution in [-0.4, -0.2) is 57.2 Å². The number of rotatable bonds is 12. The smallest absolute Gasteiger partial charge is 0.0134 e. The predicted molar refractivity (Wildman–Crippen MR) is 453 cm³/mol. The van der Waals surface area contributed by atoms with Gasteiger partial charge in [0.1, 0.15) is 16.1 Å². The summed E-state index contributed by atoms with van der Waals surface area (Å²) in [5, 5.41) is 22.5. The molecule has 10 nitrogen and oxygen atoms in total. The summed E-state index contributed by atoms with van der Waals surface area (Å²) in [7, 11) is 6.06. The van der Waals surface area contributed by atoms with E-state index >= 15 is 0 Å². The van der Waals surface area contributed by atoms with Crippen LogP contribution in [0.3, 0.4) is 0 Å². The molecule has 4 aromatic heterocycles. The molecule has 0 fully saturated rings. The Morgan fingerprint density at radius 3 is 1.09 bits per heavy atom. The van der Waals surface area contributed by atoms with Crippen LogP contribution in [0.15, 0.2) is 316 Å². The number of anilines is 2. The molecule has 0 saturated carbocycles. The largest absolute Gasteiger partial charge is 0.0622 e. The molecule has 0 aliphatic rings. The second-order valence-corrected chi connectivity index (χ2v) is 43.5. The van der Waals surface area contributed by atoms with Crippen molar-refractivity contribution in [3.8, 4) is 45.9 Å². The summed E-state index contributed by atoms with van der Waals surface area (Å²) in [4.78, 5) is 33.8. The molecule has 4 heterocycles. The van der Waals surface area contributed by atoms with E-state index < -0.39 is 67.3 Å². The fourth-order valence-corrected chi connectivity index (χ4v) is 16.1. The van der Waals surface area contributed by atoms with Gasteiger partial charge in [-0.2, -0.15) is 36.5 Å². The van der Waals surface area contributed by atoms with Crippen molar-refractivity contribution in [1.82, 2.24) is 29.2 Å². The van der Waals surface area contributed by atoms with Gasteiger partial charge in [0, 0.05) is 46.0 Å². The van der Waals surface area contributed by atoms with Gasteiger partial charge in [-0.3, -0.25) is 9.59 Å². The summed E-state index contributed by atoms with van der Waals surface area (Å²) < 4.78 is 81.9. The molecule has 0 spiro atoms. The molecule has 0 atom stereocenters. The number of alkyl halides is 6.